The van der Waals surface area contributed by atoms with Gasteiger partial charge in [0.15, 0.2) is 11.5 Å². The van der Waals surface area contributed by atoms with Crippen molar-refractivity contribution in [1.82, 2.24) is 15.0 Å². The van der Waals surface area contributed by atoms with Crippen molar-refractivity contribution in [3.63, 3.8) is 0 Å². The van der Waals surface area contributed by atoms with Crippen molar-refractivity contribution >= 4 is 10.9 Å². The molecule has 0 aliphatic carbocycles. The predicted molar refractivity (Wildman–Crippen MR) is 75.9 cm³/mol. The second-order valence-corrected chi connectivity index (χ2v) is 4.19. The van der Waals surface area contributed by atoms with Crippen LogP contribution in [0.5, 0.6) is 11.5 Å². The van der Waals surface area contributed by atoms with Gasteiger partial charge in [0, 0.05) is 29.4 Å². The fraction of sp³-hybridized carbons (Fsp3) is 0.133. The number of hydrogen-bond donors (Lipinski definition) is 0. The summed E-state index contributed by atoms with van der Waals surface area (Å²) >= 11 is 0. The molecule has 0 aliphatic heterocycles. The Morgan fingerprint density at radius 2 is 1.80 bits per heavy atom. The Kier molecular flexibility index (Phi) is 3.16. The van der Waals surface area contributed by atoms with Crippen molar-refractivity contribution in [3.05, 3.63) is 43.0 Å². The van der Waals surface area contributed by atoms with E-state index in [1.807, 2.05) is 24.3 Å². The van der Waals surface area contributed by atoms with Crippen LogP contribution in [0.4, 0.5) is 0 Å². The van der Waals surface area contributed by atoms with Crippen LogP contribution >= 0.6 is 0 Å². The van der Waals surface area contributed by atoms with Gasteiger partial charge in [0.25, 0.3) is 0 Å². The zero-order chi connectivity index (χ0) is 13.9. The van der Waals surface area contributed by atoms with Gasteiger partial charge < -0.3 is 9.47 Å². The molecule has 3 rings (SSSR count). The SMILES string of the molecule is COc1cc2ncnc(-c3cccnc3)c2cc1OC. The summed E-state index contributed by atoms with van der Waals surface area (Å²) in [6, 6.07) is 7.57. The molecule has 2 aromatic heterocycles. The quantitative estimate of drug-likeness (QED) is 0.730. The lowest BCUT2D eigenvalue weighted by Gasteiger charge is -2.10. The van der Waals surface area contributed by atoms with Crippen LogP contribution in [0.15, 0.2) is 43.0 Å². The van der Waals surface area contributed by atoms with Gasteiger partial charge in [0.2, 0.25) is 0 Å². The molecule has 3 aromatic rings. The molecular formula is C15H13N3O2. The maximum atomic E-state index is 5.34. The van der Waals surface area contributed by atoms with Crippen LogP contribution in [0.3, 0.4) is 0 Å². The number of aromatic nitrogens is 3. The maximum absolute atomic E-state index is 5.34. The van der Waals surface area contributed by atoms with Gasteiger partial charge in [-0.3, -0.25) is 4.98 Å². The Morgan fingerprint density at radius 3 is 2.50 bits per heavy atom. The highest BCUT2D eigenvalue weighted by Gasteiger charge is 2.11. The highest BCUT2D eigenvalue weighted by atomic mass is 16.5. The van der Waals surface area contributed by atoms with Gasteiger partial charge in [-0.15, -0.1) is 0 Å². The van der Waals surface area contributed by atoms with E-state index in [-0.39, 0.29) is 0 Å². The fourth-order valence-corrected chi connectivity index (χ4v) is 2.12. The lowest BCUT2D eigenvalue weighted by molar-refractivity contribution is 0.356. The molecule has 1 aromatic carbocycles. The Labute approximate surface area is 116 Å². The molecule has 0 saturated heterocycles. The molecule has 0 N–H and O–H groups in total. The lowest BCUT2D eigenvalue weighted by Crippen LogP contribution is -1.94. The summed E-state index contributed by atoms with van der Waals surface area (Å²) in [4.78, 5) is 12.8. The molecule has 0 bridgehead atoms. The molecule has 0 atom stereocenters. The van der Waals surface area contributed by atoms with Crippen LogP contribution in [0, 0.1) is 0 Å². The monoisotopic (exact) mass is 267 g/mol. The van der Waals surface area contributed by atoms with Crippen molar-refractivity contribution in [2.45, 2.75) is 0 Å². The van der Waals surface area contributed by atoms with E-state index in [1.165, 1.54) is 6.33 Å². The molecule has 0 radical (unpaired) electrons. The Hall–Kier alpha value is -2.69. The first-order valence-corrected chi connectivity index (χ1v) is 6.10. The van der Waals surface area contributed by atoms with E-state index >= 15 is 0 Å². The molecule has 5 nitrogen and oxygen atoms in total. The smallest absolute Gasteiger partial charge is 0.162 e. The largest absolute Gasteiger partial charge is 0.493 e. The second kappa shape index (κ2) is 5.13. The topological polar surface area (TPSA) is 57.1 Å². The normalized spacial score (nSPS) is 10.5. The van der Waals surface area contributed by atoms with Gasteiger partial charge in [-0.25, -0.2) is 9.97 Å². The first-order valence-electron chi connectivity index (χ1n) is 6.10. The number of rotatable bonds is 3. The maximum Gasteiger partial charge on any atom is 0.162 e. The van der Waals surface area contributed by atoms with E-state index in [0.717, 1.165) is 22.2 Å². The van der Waals surface area contributed by atoms with Crippen LogP contribution in [0.1, 0.15) is 0 Å². The number of benzene rings is 1. The minimum Gasteiger partial charge on any atom is -0.493 e. The van der Waals surface area contributed by atoms with Crippen LogP contribution in [0.25, 0.3) is 22.2 Å². The molecule has 20 heavy (non-hydrogen) atoms. The van der Waals surface area contributed by atoms with Crippen LogP contribution in [-0.2, 0) is 0 Å². The number of ether oxygens (including phenoxy) is 2. The van der Waals surface area contributed by atoms with Crippen molar-refractivity contribution in [2.75, 3.05) is 14.2 Å². The molecule has 2 heterocycles. The van der Waals surface area contributed by atoms with Gasteiger partial charge in [0.1, 0.15) is 6.33 Å². The summed E-state index contributed by atoms with van der Waals surface area (Å²) in [5, 5.41) is 0.901. The first-order chi connectivity index (χ1) is 9.83. The summed E-state index contributed by atoms with van der Waals surface area (Å²) in [6.45, 7) is 0. The van der Waals surface area contributed by atoms with E-state index in [0.29, 0.717) is 11.5 Å². The molecule has 0 amide bonds. The van der Waals surface area contributed by atoms with Crippen LogP contribution in [0.2, 0.25) is 0 Å². The van der Waals surface area contributed by atoms with Crippen LogP contribution in [-0.4, -0.2) is 29.2 Å². The number of fused-ring (bicyclic) bond motifs is 1. The fourth-order valence-electron chi connectivity index (χ4n) is 2.12. The molecule has 0 unspecified atom stereocenters. The zero-order valence-corrected chi connectivity index (χ0v) is 11.2. The third-order valence-corrected chi connectivity index (χ3v) is 3.08. The van der Waals surface area contributed by atoms with Crippen molar-refractivity contribution in [2.24, 2.45) is 0 Å². The van der Waals surface area contributed by atoms with Crippen molar-refractivity contribution < 1.29 is 9.47 Å². The summed E-state index contributed by atoms with van der Waals surface area (Å²) in [5.41, 5.74) is 2.56. The van der Waals surface area contributed by atoms with Gasteiger partial charge in [-0.2, -0.15) is 0 Å². The second-order valence-electron chi connectivity index (χ2n) is 4.19. The summed E-state index contributed by atoms with van der Waals surface area (Å²) in [7, 11) is 3.21. The first kappa shape index (κ1) is 12.3. The molecule has 0 spiro atoms. The van der Waals surface area contributed by atoms with Crippen molar-refractivity contribution in [3.8, 4) is 22.8 Å². The Balaban J connectivity index is 2.29. The van der Waals surface area contributed by atoms with E-state index < -0.39 is 0 Å². The number of nitrogens with zero attached hydrogens (tertiary/aromatic N) is 3. The standard InChI is InChI=1S/C15H13N3O2/c1-19-13-6-11-12(7-14(13)20-2)17-9-18-15(11)10-4-3-5-16-8-10/h3-9H,1-2H3. The van der Waals surface area contributed by atoms with E-state index in [1.54, 1.807) is 26.6 Å². The van der Waals surface area contributed by atoms with Gasteiger partial charge in [0.05, 0.1) is 25.4 Å². The highest BCUT2D eigenvalue weighted by Crippen LogP contribution is 2.34. The van der Waals surface area contributed by atoms with E-state index in [9.17, 15) is 0 Å². The molecule has 0 aliphatic rings. The lowest BCUT2D eigenvalue weighted by atomic mass is 10.1. The van der Waals surface area contributed by atoms with Crippen molar-refractivity contribution in [1.29, 1.82) is 0 Å². The predicted octanol–water partition coefficient (Wildman–Crippen LogP) is 2.71. The highest BCUT2D eigenvalue weighted by molar-refractivity contribution is 5.94. The third-order valence-electron chi connectivity index (χ3n) is 3.08. The Morgan fingerprint density at radius 1 is 1.00 bits per heavy atom. The van der Waals surface area contributed by atoms with Crippen LogP contribution < -0.4 is 9.47 Å². The molecule has 0 fully saturated rings. The number of hydrogen-bond acceptors (Lipinski definition) is 5. The Bertz CT molecular complexity index is 745. The third kappa shape index (κ3) is 2.03. The summed E-state index contributed by atoms with van der Waals surface area (Å²) in [5.74, 6) is 1.30. The van der Waals surface area contributed by atoms with E-state index in [2.05, 4.69) is 15.0 Å². The molecule has 100 valence electrons. The zero-order valence-electron chi connectivity index (χ0n) is 11.2. The minimum absolute atomic E-state index is 0.649. The number of methoxy groups -OCH3 is 2. The van der Waals surface area contributed by atoms with Gasteiger partial charge in [-0.05, 0) is 18.2 Å². The summed E-state index contributed by atoms with van der Waals surface area (Å²) in [6.07, 6.45) is 5.05. The molecular weight excluding hydrogens is 254 g/mol. The van der Waals surface area contributed by atoms with E-state index in [4.69, 9.17) is 9.47 Å². The average molecular weight is 267 g/mol. The van der Waals surface area contributed by atoms with Gasteiger partial charge in [-0.1, -0.05) is 0 Å². The number of pyridine rings is 1. The molecule has 0 saturated carbocycles. The summed E-state index contributed by atoms with van der Waals surface area (Å²) < 4.78 is 10.6. The molecule has 5 heteroatoms. The van der Waals surface area contributed by atoms with Gasteiger partial charge >= 0.3 is 0 Å². The minimum atomic E-state index is 0.649. The average Bonchev–Trinajstić information content (AvgIpc) is 2.53.